The largest absolute Gasteiger partial charge is 0.480 e. The van der Waals surface area contributed by atoms with Crippen LogP contribution in [-0.4, -0.2) is 58.6 Å². The molecule has 0 bridgehead atoms. The Kier molecular flexibility index (Phi) is 11.2. The maximum Gasteiger partial charge on any atom is 0.328 e. The van der Waals surface area contributed by atoms with Crippen LogP contribution in [-0.2, 0) is 25.5 Å². The highest BCUT2D eigenvalue weighted by atomic mass is 16.5. The van der Waals surface area contributed by atoms with E-state index in [1.54, 1.807) is 11.8 Å². The number of aryl methyl sites for hydroxylation is 1. The van der Waals surface area contributed by atoms with Crippen molar-refractivity contribution in [2.24, 2.45) is 5.92 Å². The first-order chi connectivity index (χ1) is 17.4. The maximum absolute atomic E-state index is 13.6. The molecule has 36 heavy (non-hydrogen) atoms. The Hall–Kier alpha value is -2.41. The van der Waals surface area contributed by atoms with Gasteiger partial charge in [0.2, 0.25) is 5.91 Å². The molecule has 7 heteroatoms. The molecule has 1 saturated heterocycles. The van der Waals surface area contributed by atoms with Gasteiger partial charge in [0.05, 0.1) is 12.6 Å². The second kappa shape index (κ2) is 14.4. The summed E-state index contributed by atoms with van der Waals surface area (Å²) in [5, 5.41) is 12.8. The molecule has 7 nitrogen and oxygen atoms in total. The number of fused-ring (bicyclic) bond motifs is 1. The van der Waals surface area contributed by atoms with Crippen molar-refractivity contribution in [1.82, 2.24) is 10.2 Å². The number of carbonyl (C=O) groups is 3. The van der Waals surface area contributed by atoms with Crippen LogP contribution in [0.3, 0.4) is 0 Å². The lowest BCUT2D eigenvalue weighted by atomic mass is 10.0. The van der Waals surface area contributed by atoms with Gasteiger partial charge in [0.1, 0.15) is 12.1 Å². The molecule has 2 aliphatic rings. The molecule has 0 spiro atoms. The minimum Gasteiger partial charge on any atom is -0.480 e. The molecule has 3 rings (SSSR count). The van der Waals surface area contributed by atoms with Gasteiger partial charge in [-0.15, -0.1) is 0 Å². The highest BCUT2D eigenvalue weighted by Crippen LogP contribution is 2.42. The standard InChI is InChI=1S/C29H44N2O5/c1-3-4-5-6-7-11-19-36-29(35)26-20-23-15-12-16-25(23)31(26)27(32)21(2)30-24(28(33)34)18-17-22-13-9-8-10-14-22/h8-10,13-14,21,23-26,30H,3-7,11-12,15-20H2,1-2H3,(H,33,34). The van der Waals surface area contributed by atoms with E-state index in [-0.39, 0.29) is 17.9 Å². The first kappa shape index (κ1) is 28.2. The molecule has 0 aromatic heterocycles. The van der Waals surface area contributed by atoms with Gasteiger partial charge in [-0.2, -0.15) is 0 Å². The maximum atomic E-state index is 13.6. The number of aliphatic carboxylic acids is 1. The Labute approximate surface area is 216 Å². The number of carboxylic acid groups (broad SMARTS) is 1. The van der Waals surface area contributed by atoms with Gasteiger partial charge in [0.15, 0.2) is 0 Å². The van der Waals surface area contributed by atoms with Crippen molar-refractivity contribution in [3.8, 4) is 0 Å². The minimum absolute atomic E-state index is 0.0425. The lowest BCUT2D eigenvalue weighted by molar-refractivity contribution is -0.155. The van der Waals surface area contributed by atoms with Crippen LogP contribution in [0, 0.1) is 5.92 Å². The molecule has 200 valence electrons. The first-order valence-corrected chi connectivity index (χ1v) is 13.9. The van der Waals surface area contributed by atoms with Crippen molar-refractivity contribution < 1.29 is 24.2 Å². The fourth-order valence-electron chi connectivity index (χ4n) is 5.80. The monoisotopic (exact) mass is 500 g/mol. The molecule has 5 atom stereocenters. The van der Waals surface area contributed by atoms with E-state index in [0.29, 0.717) is 31.8 Å². The van der Waals surface area contributed by atoms with Gasteiger partial charge in [-0.3, -0.25) is 14.9 Å². The second-order valence-electron chi connectivity index (χ2n) is 10.5. The van der Waals surface area contributed by atoms with Crippen molar-refractivity contribution in [3.05, 3.63) is 35.9 Å². The lowest BCUT2D eigenvalue weighted by Gasteiger charge is -2.32. The van der Waals surface area contributed by atoms with Gasteiger partial charge in [0, 0.05) is 6.04 Å². The van der Waals surface area contributed by atoms with Crippen LogP contribution in [0.4, 0.5) is 0 Å². The normalized spacial score (nSPS) is 22.7. The van der Waals surface area contributed by atoms with Crippen LogP contribution >= 0.6 is 0 Å². The summed E-state index contributed by atoms with van der Waals surface area (Å²) in [4.78, 5) is 40.2. The average molecular weight is 501 g/mol. The van der Waals surface area contributed by atoms with E-state index in [0.717, 1.165) is 44.1 Å². The Morgan fingerprint density at radius 2 is 1.81 bits per heavy atom. The van der Waals surface area contributed by atoms with Crippen molar-refractivity contribution in [3.63, 3.8) is 0 Å². The van der Waals surface area contributed by atoms with Crippen LogP contribution in [0.15, 0.2) is 30.3 Å². The summed E-state index contributed by atoms with van der Waals surface area (Å²) in [7, 11) is 0. The number of benzene rings is 1. The van der Waals surface area contributed by atoms with Crippen molar-refractivity contribution in [1.29, 1.82) is 0 Å². The number of rotatable bonds is 15. The van der Waals surface area contributed by atoms with E-state index >= 15 is 0 Å². The predicted octanol–water partition coefficient (Wildman–Crippen LogP) is 4.72. The van der Waals surface area contributed by atoms with Gasteiger partial charge in [-0.05, 0) is 56.9 Å². The van der Waals surface area contributed by atoms with Gasteiger partial charge in [-0.25, -0.2) is 4.79 Å². The Bertz CT molecular complexity index is 845. The smallest absolute Gasteiger partial charge is 0.328 e. The van der Waals surface area contributed by atoms with E-state index in [2.05, 4.69) is 12.2 Å². The number of unbranched alkanes of at least 4 members (excludes halogenated alkanes) is 5. The quantitative estimate of drug-likeness (QED) is 0.267. The number of nitrogens with one attached hydrogen (secondary N) is 1. The summed E-state index contributed by atoms with van der Waals surface area (Å²) >= 11 is 0. The molecular formula is C29H44N2O5. The molecule has 2 fully saturated rings. The molecular weight excluding hydrogens is 456 g/mol. The molecule has 0 radical (unpaired) electrons. The summed E-state index contributed by atoms with van der Waals surface area (Å²) in [5.74, 6) is -1.16. The Morgan fingerprint density at radius 3 is 2.53 bits per heavy atom. The summed E-state index contributed by atoms with van der Waals surface area (Å²) in [6.07, 6.45) is 11.3. The topological polar surface area (TPSA) is 95.9 Å². The highest BCUT2D eigenvalue weighted by Gasteiger charge is 2.50. The molecule has 1 saturated carbocycles. The average Bonchev–Trinajstić information content (AvgIpc) is 3.47. The summed E-state index contributed by atoms with van der Waals surface area (Å²) in [6.45, 7) is 4.30. The summed E-state index contributed by atoms with van der Waals surface area (Å²) < 4.78 is 5.62. The van der Waals surface area contributed by atoms with Crippen LogP contribution in [0.5, 0.6) is 0 Å². The van der Waals surface area contributed by atoms with E-state index in [1.807, 2.05) is 30.3 Å². The third-order valence-electron chi connectivity index (χ3n) is 7.79. The molecule has 1 heterocycles. The third-order valence-corrected chi connectivity index (χ3v) is 7.79. The van der Waals surface area contributed by atoms with Gasteiger partial charge in [-0.1, -0.05) is 75.8 Å². The summed E-state index contributed by atoms with van der Waals surface area (Å²) in [5.41, 5.74) is 1.06. The zero-order valence-electron chi connectivity index (χ0n) is 22.0. The number of hydrogen-bond acceptors (Lipinski definition) is 5. The van der Waals surface area contributed by atoms with Crippen molar-refractivity contribution >= 4 is 17.8 Å². The van der Waals surface area contributed by atoms with Gasteiger partial charge < -0.3 is 14.7 Å². The predicted molar refractivity (Wildman–Crippen MR) is 139 cm³/mol. The molecule has 1 aliphatic carbocycles. The van der Waals surface area contributed by atoms with E-state index in [4.69, 9.17) is 4.74 Å². The van der Waals surface area contributed by atoms with Crippen molar-refractivity contribution in [2.75, 3.05) is 6.61 Å². The summed E-state index contributed by atoms with van der Waals surface area (Å²) in [6, 6.07) is 7.67. The third kappa shape index (κ3) is 7.79. The molecule has 1 amide bonds. The van der Waals surface area contributed by atoms with Crippen LogP contribution in [0.1, 0.15) is 90.0 Å². The number of likely N-dealkylation sites (tertiary alicyclic amines) is 1. The molecule has 2 N–H and O–H groups in total. The molecule has 5 unspecified atom stereocenters. The van der Waals surface area contributed by atoms with Crippen LogP contribution in [0.2, 0.25) is 0 Å². The Morgan fingerprint density at radius 1 is 1.08 bits per heavy atom. The molecule has 1 aromatic carbocycles. The van der Waals surface area contributed by atoms with Crippen LogP contribution in [0.25, 0.3) is 0 Å². The zero-order chi connectivity index (χ0) is 25.9. The molecule has 1 aliphatic heterocycles. The van der Waals surface area contributed by atoms with Crippen LogP contribution < -0.4 is 5.32 Å². The van der Waals surface area contributed by atoms with Gasteiger partial charge >= 0.3 is 11.9 Å². The second-order valence-corrected chi connectivity index (χ2v) is 10.5. The Balaban J connectivity index is 1.56. The first-order valence-electron chi connectivity index (χ1n) is 13.9. The fourth-order valence-corrected chi connectivity index (χ4v) is 5.80. The number of nitrogens with zero attached hydrogens (tertiary/aromatic N) is 1. The number of carboxylic acids is 1. The van der Waals surface area contributed by atoms with E-state index < -0.39 is 24.1 Å². The lowest BCUT2D eigenvalue weighted by Crippen LogP contribution is -2.55. The number of carbonyl (C=O) groups excluding carboxylic acids is 2. The van der Waals surface area contributed by atoms with E-state index in [9.17, 15) is 19.5 Å². The zero-order valence-corrected chi connectivity index (χ0v) is 22.0. The number of hydrogen-bond donors (Lipinski definition) is 2. The van der Waals surface area contributed by atoms with E-state index in [1.165, 1.54) is 19.3 Å². The fraction of sp³-hybridized carbons (Fsp3) is 0.690. The SMILES string of the molecule is CCCCCCCCOC(=O)C1CC2CCCC2N1C(=O)C(C)NC(CCc1ccccc1)C(=O)O. The number of ether oxygens (including phenoxy) is 1. The highest BCUT2D eigenvalue weighted by molar-refractivity contribution is 5.89. The number of amides is 1. The van der Waals surface area contributed by atoms with Gasteiger partial charge in [0.25, 0.3) is 0 Å². The number of esters is 1. The molecule has 1 aromatic rings. The van der Waals surface area contributed by atoms with Crippen molar-refractivity contribution in [2.45, 2.75) is 115 Å². The minimum atomic E-state index is -0.972.